The summed E-state index contributed by atoms with van der Waals surface area (Å²) in [6.45, 7) is 8.37. The van der Waals surface area contributed by atoms with Gasteiger partial charge in [0.05, 0.1) is 17.6 Å². The number of rotatable bonds is 9. The number of hydrogen-bond donors (Lipinski definition) is 0. The number of imidazole rings is 1. The van der Waals surface area contributed by atoms with Gasteiger partial charge in [-0.05, 0) is 75.1 Å². The fraction of sp³-hybridized carbons (Fsp3) is 0.296. The fourth-order valence-corrected chi connectivity index (χ4v) is 3.70. The predicted molar refractivity (Wildman–Crippen MR) is 126 cm³/mol. The number of ether oxygens (including phenoxy) is 2. The summed E-state index contributed by atoms with van der Waals surface area (Å²) in [4.78, 5) is 4.82. The first-order valence-electron chi connectivity index (χ1n) is 10.9. The van der Waals surface area contributed by atoms with E-state index in [1.807, 2.05) is 24.3 Å². The standard InChI is InChI=1S/C27H30N2O2/c1-20-13-15-23(16-14-20)31-19-27-28-24-10-4-5-11-25(24)29(27)17-6-7-18-30-26-12-8-9-21(2)22(26)3/h4-5,8-16H,6-7,17-19H2,1-3H3. The van der Waals surface area contributed by atoms with E-state index < -0.39 is 0 Å². The van der Waals surface area contributed by atoms with Crippen LogP contribution in [-0.2, 0) is 13.2 Å². The molecule has 0 aliphatic carbocycles. The van der Waals surface area contributed by atoms with Gasteiger partial charge in [0.2, 0.25) is 0 Å². The van der Waals surface area contributed by atoms with E-state index in [1.165, 1.54) is 16.7 Å². The quantitative estimate of drug-likeness (QED) is 0.297. The maximum Gasteiger partial charge on any atom is 0.147 e. The third-order valence-corrected chi connectivity index (χ3v) is 5.71. The summed E-state index contributed by atoms with van der Waals surface area (Å²) < 4.78 is 14.3. The molecule has 4 heteroatoms. The summed E-state index contributed by atoms with van der Waals surface area (Å²) in [5.74, 6) is 2.81. The van der Waals surface area contributed by atoms with Crippen molar-refractivity contribution < 1.29 is 9.47 Å². The predicted octanol–water partition coefficient (Wildman–Crippen LogP) is 6.40. The number of aryl methyl sites for hydroxylation is 3. The molecule has 4 aromatic rings. The number of para-hydroxylation sites is 2. The zero-order chi connectivity index (χ0) is 21.6. The van der Waals surface area contributed by atoms with Crippen LogP contribution in [0.2, 0.25) is 0 Å². The van der Waals surface area contributed by atoms with Crippen molar-refractivity contribution in [1.29, 1.82) is 0 Å². The maximum atomic E-state index is 6.02. The number of fused-ring (bicyclic) bond motifs is 1. The second kappa shape index (κ2) is 9.69. The molecule has 4 rings (SSSR count). The summed E-state index contributed by atoms with van der Waals surface area (Å²) in [7, 11) is 0. The minimum Gasteiger partial charge on any atom is -0.493 e. The molecule has 0 fully saturated rings. The van der Waals surface area contributed by atoms with Crippen molar-refractivity contribution in [3.63, 3.8) is 0 Å². The lowest BCUT2D eigenvalue weighted by Gasteiger charge is -2.12. The number of unbranched alkanes of at least 4 members (excludes halogenated alkanes) is 1. The summed E-state index contributed by atoms with van der Waals surface area (Å²) >= 11 is 0. The molecule has 0 spiro atoms. The minimum atomic E-state index is 0.455. The first kappa shape index (κ1) is 21.0. The second-order valence-corrected chi connectivity index (χ2v) is 8.02. The van der Waals surface area contributed by atoms with Gasteiger partial charge in [0.25, 0.3) is 0 Å². The van der Waals surface area contributed by atoms with E-state index in [9.17, 15) is 0 Å². The Bertz CT molecular complexity index is 1150. The summed E-state index contributed by atoms with van der Waals surface area (Å²) in [5.41, 5.74) is 5.87. The lowest BCUT2D eigenvalue weighted by Crippen LogP contribution is -2.09. The van der Waals surface area contributed by atoms with Gasteiger partial charge in [0.15, 0.2) is 0 Å². The molecular formula is C27H30N2O2. The average Bonchev–Trinajstić information content (AvgIpc) is 3.13. The molecule has 0 N–H and O–H groups in total. The highest BCUT2D eigenvalue weighted by Crippen LogP contribution is 2.22. The van der Waals surface area contributed by atoms with Crippen LogP contribution in [0.3, 0.4) is 0 Å². The van der Waals surface area contributed by atoms with E-state index in [4.69, 9.17) is 14.5 Å². The number of benzene rings is 3. The van der Waals surface area contributed by atoms with Crippen LogP contribution >= 0.6 is 0 Å². The second-order valence-electron chi connectivity index (χ2n) is 8.02. The van der Waals surface area contributed by atoms with Crippen molar-refractivity contribution in [2.45, 2.75) is 46.8 Å². The molecule has 0 bridgehead atoms. The third-order valence-electron chi connectivity index (χ3n) is 5.71. The van der Waals surface area contributed by atoms with Gasteiger partial charge in [0.1, 0.15) is 23.9 Å². The molecule has 0 radical (unpaired) electrons. The first-order valence-corrected chi connectivity index (χ1v) is 10.9. The molecular weight excluding hydrogens is 384 g/mol. The van der Waals surface area contributed by atoms with Gasteiger partial charge < -0.3 is 14.0 Å². The molecule has 1 aromatic heterocycles. The summed E-state index contributed by atoms with van der Waals surface area (Å²) in [5, 5.41) is 0. The topological polar surface area (TPSA) is 36.3 Å². The zero-order valence-electron chi connectivity index (χ0n) is 18.6. The third kappa shape index (κ3) is 5.08. The zero-order valence-corrected chi connectivity index (χ0v) is 18.6. The molecule has 0 saturated heterocycles. The number of aromatic nitrogens is 2. The van der Waals surface area contributed by atoms with Gasteiger partial charge in [-0.3, -0.25) is 0 Å². The molecule has 0 amide bonds. The van der Waals surface area contributed by atoms with Gasteiger partial charge in [-0.1, -0.05) is 42.0 Å². The number of hydrogen-bond acceptors (Lipinski definition) is 3. The van der Waals surface area contributed by atoms with Crippen LogP contribution in [0.25, 0.3) is 11.0 Å². The van der Waals surface area contributed by atoms with Gasteiger partial charge in [-0.25, -0.2) is 4.98 Å². The number of nitrogens with zero attached hydrogens (tertiary/aromatic N) is 2. The van der Waals surface area contributed by atoms with Crippen LogP contribution < -0.4 is 9.47 Å². The van der Waals surface area contributed by atoms with E-state index in [0.29, 0.717) is 13.2 Å². The van der Waals surface area contributed by atoms with Crippen molar-refractivity contribution in [2.75, 3.05) is 6.61 Å². The van der Waals surface area contributed by atoms with E-state index in [-0.39, 0.29) is 0 Å². The summed E-state index contributed by atoms with van der Waals surface area (Å²) in [6.07, 6.45) is 2.00. The van der Waals surface area contributed by atoms with Crippen LogP contribution in [0.4, 0.5) is 0 Å². The summed E-state index contributed by atoms with van der Waals surface area (Å²) in [6, 6.07) is 22.6. The maximum absolute atomic E-state index is 6.02. The normalized spacial score (nSPS) is 11.1. The average molecular weight is 415 g/mol. The molecule has 0 saturated carbocycles. The van der Waals surface area contributed by atoms with Crippen LogP contribution in [0.1, 0.15) is 35.4 Å². The molecule has 0 atom stereocenters. The SMILES string of the molecule is Cc1ccc(OCc2nc3ccccc3n2CCCCOc2cccc(C)c2C)cc1. The van der Waals surface area contributed by atoms with Crippen LogP contribution in [-0.4, -0.2) is 16.2 Å². The van der Waals surface area contributed by atoms with E-state index >= 15 is 0 Å². The van der Waals surface area contributed by atoms with Crippen molar-refractivity contribution in [1.82, 2.24) is 9.55 Å². The monoisotopic (exact) mass is 414 g/mol. The van der Waals surface area contributed by atoms with Crippen molar-refractivity contribution >= 4 is 11.0 Å². The van der Waals surface area contributed by atoms with Gasteiger partial charge >= 0.3 is 0 Å². The minimum absolute atomic E-state index is 0.455. The largest absolute Gasteiger partial charge is 0.493 e. The van der Waals surface area contributed by atoms with E-state index in [2.05, 4.69) is 67.8 Å². The molecule has 0 aliphatic rings. The van der Waals surface area contributed by atoms with Crippen molar-refractivity contribution in [2.24, 2.45) is 0 Å². The highest BCUT2D eigenvalue weighted by atomic mass is 16.5. The Hall–Kier alpha value is -3.27. The van der Waals surface area contributed by atoms with E-state index in [0.717, 1.165) is 47.7 Å². The van der Waals surface area contributed by atoms with Crippen molar-refractivity contribution in [3.8, 4) is 11.5 Å². The first-order chi connectivity index (χ1) is 15.1. The molecule has 1 heterocycles. The lowest BCUT2D eigenvalue weighted by atomic mass is 10.1. The Morgan fingerprint density at radius 3 is 2.45 bits per heavy atom. The van der Waals surface area contributed by atoms with Crippen LogP contribution in [0, 0.1) is 20.8 Å². The lowest BCUT2D eigenvalue weighted by molar-refractivity contribution is 0.284. The fourth-order valence-electron chi connectivity index (χ4n) is 3.70. The van der Waals surface area contributed by atoms with E-state index in [1.54, 1.807) is 0 Å². The molecule has 3 aromatic carbocycles. The Morgan fingerprint density at radius 2 is 1.61 bits per heavy atom. The van der Waals surface area contributed by atoms with Gasteiger partial charge in [-0.15, -0.1) is 0 Å². The highest BCUT2D eigenvalue weighted by Gasteiger charge is 2.11. The molecule has 31 heavy (non-hydrogen) atoms. The Balaban J connectivity index is 1.38. The molecule has 160 valence electrons. The molecule has 4 nitrogen and oxygen atoms in total. The van der Waals surface area contributed by atoms with Crippen LogP contribution in [0.5, 0.6) is 11.5 Å². The van der Waals surface area contributed by atoms with Gasteiger partial charge in [0, 0.05) is 6.54 Å². The Morgan fingerprint density at radius 1 is 0.806 bits per heavy atom. The molecule has 0 aliphatic heterocycles. The smallest absolute Gasteiger partial charge is 0.147 e. The highest BCUT2D eigenvalue weighted by molar-refractivity contribution is 5.75. The molecule has 0 unspecified atom stereocenters. The Kier molecular flexibility index (Phi) is 6.56. The Labute approximate surface area is 184 Å². The van der Waals surface area contributed by atoms with Gasteiger partial charge in [-0.2, -0.15) is 0 Å². The van der Waals surface area contributed by atoms with Crippen LogP contribution in [0.15, 0.2) is 66.7 Å². The van der Waals surface area contributed by atoms with Crippen molar-refractivity contribution in [3.05, 3.63) is 89.2 Å².